The van der Waals surface area contributed by atoms with E-state index in [1.807, 2.05) is 0 Å². The van der Waals surface area contributed by atoms with E-state index < -0.39 is 0 Å². The number of aryl methyl sites for hydroxylation is 1. The maximum atomic E-state index is 11.6. The van der Waals surface area contributed by atoms with Crippen LogP contribution in [0.15, 0.2) is 15.7 Å². The molecule has 15 heavy (non-hydrogen) atoms. The first kappa shape index (κ1) is 9.85. The number of aromatic nitrogens is 2. The molecule has 0 radical (unpaired) electrons. The highest BCUT2D eigenvalue weighted by atomic mass is 16.5. The number of carbonyl (C=O) groups is 1. The summed E-state index contributed by atoms with van der Waals surface area (Å²) in [4.78, 5) is 15.5. The summed E-state index contributed by atoms with van der Waals surface area (Å²) in [7, 11) is 0. The maximum absolute atomic E-state index is 11.6. The van der Waals surface area contributed by atoms with Crippen LogP contribution < -0.4 is 10.6 Å². The average Bonchev–Trinajstić information content (AvgIpc) is 2.48. The molecule has 1 aromatic heterocycles. The lowest BCUT2D eigenvalue weighted by Crippen LogP contribution is -2.36. The number of anilines is 1. The zero-order valence-electron chi connectivity index (χ0n) is 8.63. The third-order valence-corrected chi connectivity index (χ3v) is 2.30. The van der Waals surface area contributed by atoms with Gasteiger partial charge in [-0.05, 0) is 19.4 Å². The predicted octanol–water partition coefficient (Wildman–Crippen LogP) is 0.236. The summed E-state index contributed by atoms with van der Waals surface area (Å²) in [5, 5.41) is 9.20. The van der Waals surface area contributed by atoms with Crippen LogP contribution in [0, 0.1) is 6.92 Å². The molecule has 1 aliphatic heterocycles. The molecule has 1 fully saturated rings. The third-order valence-electron chi connectivity index (χ3n) is 2.30. The fraction of sp³-hybridized carbons (Fsp3) is 0.444. The van der Waals surface area contributed by atoms with E-state index in [0.717, 1.165) is 18.7 Å². The SMILES string of the molecule is CC(C(=O)Nc1nc(C)no1)=C1CNC1. The molecule has 1 amide bonds. The maximum Gasteiger partial charge on any atom is 0.328 e. The van der Waals surface area contributed by atoms with E-state index >= 15 is 0 Å². The molecule has 6 heteroatoms. The molecular weight excluding hydrogens is 196 g/mol. The van der Waals surface area contributed by atoms with Crippen molar-refractivity contribution in [2.24, 2.45) is 0 Å². The van der Waals surface area contributed by atoms with E-state index in [0.29, 0.717) is 11.4 Å². The summed E-state index contributed by atoms with van der Waals surface area (Å²) in [6, 6.07) is 0.143. The van der Waals surface area contributed by atoms with Gasteiger partial charge in [-0.15, -0.1) is 0 Å². The van der Waals surface area contributed by atoms with Crippen LogP contribution in [0.4, 0.5) is 6.01 Å². The summed E-state index contributed by atoms with van der Waals surface area (Å²) in [6.07, 6.45) is 0. The first-order valence-electron chi connectivity index (χ1n) is 4.68. The van der Waals surface area contributed by atoms with Crippen molar-refractivity contribution >= 4 is 11.9 Å². The van der Waals surface area contributed by atoms with Crippen LogP contribution >= 0.6 is 0 Å². The van der Waals surface area contributed by atoms with Crippen molar-refractivity contribution in [3.05, 3.63) is 17.0 Å². The van der Waals surface area contributed by atoms with Gasteiger partial charge in [0.1, 0.15) is 0 Å². The van der Waals surface area contributed by atoms with Crippen LogP contribution in [0.5, 0.6) is 0 Å². The number of nitrogens with one attached hydrogen (secondary N) is 2. The van der Waals surface area contributed by atoms with Crippen LogP contribution in [0.3, 0.4) is 0 Å². The van der Waals surface area contributed by atoms with E-state index in [-0.39, 0.29) is 11.9 Å². The van der Waals surface area contributed by atoms with E-state index in [1.165, 1.54) is 0 Å². The van der Waals surface area contributed by atoms with Crippen molar-refractivity contribution in [2.75, 3.05) is 18.4 Å². The second-order valence-corrected chi connectivity index (χ2v) is 3.43. The topological polar surface area (TPSA) is 80.1 Å². The molecule has 0 atom stereocenters. The van der Waals surface area contributed by atoms with Gasteiger partial charge in [-0.3, -0.25) is 10.1 Å². The van der Waals surface area contributed by atoms with Gasteiger partial charge in [0.25, 0.3) is 5.91 Å². The highest BCUT2D eigenvalue weighted by Gasteiger charge is 2.17. The quantitative estimate of drug-likeness (QED) is 0.680. The third kappa shape index (κ3) is 2.04. The fourth-order valence-electron chi connectivity index (χ4n) is 1.21. The number of rotatable bonds is 2. The number of amides is 1. The Hall–Kier alpha value is -1.69. The van der Waals surface area contributed by atoms with Crippen LogP contribution in [-0.2, 0) is 4.79 Å². The minimum atomic E-state index is -0.185. The van der Waals surface area contributed by atoms with E-state index in [9.17, 15) is 4.79 Å². The van der Waals surface area contributed by atoms with E-state index in [1.54, 1.807) is 13.8 Å². The molecular formula is C9H12N4O2. The zero-order chi connectivity index (χ0) is 10.8. The lowest BCUT2D eigenvalue weighted by molar-refractivity contribution is -0.113. The summed E-state index contributed by atoms with van der Waals surface area (Å²) in [5.41, 5.74) is 1.83. The molecule has 2 rings (SSSR count). The molecule has 0 spiro atoms. The zero-order valence-corrected chi connectivity index (χ0v) is 8.63. The lowest BCUT2D eigenvalue weighted by atomic mass is 10.0. The minimum Gasteiger partial charge on any atom is -0.315 e. The Morgan fingerprint density at radius 3 is 2.73 bits per heavy atom. The van der Waals surface area contributed by atoms with Crippen LogP contribution in [0.2, 0.25) is 0 Å². The van der Waals surface area contributed by atoms with Crippen molar-refractivity contribution in [3.63, 3.8) is 0 Å². The van der Waals surface area contributed by atoms with Gasteiger partial charge in [-0.25, -0.2) is 0 Å². The van der Waals surface area contributed by atoms with Gasteiger partial charge in [0, 0.05) is 18.7 Å². The molecule has 1 aliphatic rings. The lowest BCUT2D eigenvalue weighted by Gasteiger charge is -2.20. The molecule has 1 aromatic rings. The average molecular weight is 208 g/mol. The molecule has 0 aromatic carbocycles. The minimum absolute atomic E-state index is 0.143. The van der Waals surface area contributed by atoms with Crippen molar-refractivity contribution in [3.8, 4) is 0 Å². The Morgan fingerprint density at radius 2 is 2.27 bits per heavy atom. The number of carbonyl (C=O) groups excluding carboxylic acids is 1. The van der Waals surface area contributed by atoms with E-state index in [2.05, 4.69) is 20.8 Å². The number of nitrogens with zero attached hydrogens (tertiary/aromatic N) is 2. The van der Waals surface area contributed by atoms with Gasteiger partial charge in [-0.2, -0.15) is 4.98 Å². The summed E-state index contributed by atoms with van der Waals surface area (Å²) in [6.45, 7) is 5.04. The highest BCUT2D eigenvalue weighted by Crippen LogP contribution is 2.11. The second kappa shape index (κ2) is 3.82. The van der Waals surface area contributed by atoms with Crippen molar-refractivity contribution < 1.29 is 9.32 Å². The summed E-state index contributed by atoms with van der Waals surface area (Å²) < 4.78 is 4.79. The molecule has 0 saturated carbocycles. The molecule has 6 nitrogen and oxygen atoms in total. The number of hydrogen-bond acceptors (Lipinski definition) is 5. The van der Waals surface area contributed by atoms with Gasteiger partial charge in [0.15, 0.2) is 5.82 Å². The van der Waals surface area contributed by atoms with Crippen LogP contribution in [-0.4, -0.2) is 29.1 Å². The second-order valence-electron chi connectivity index (χ2n) is 3.43. The molecule has 0 bridgehead atoms. The molecule has 2 N–H and O–H groups in total. The Balaban J connectivity index is 2.03. The summed E-state index contributed by atoms with van der Waals surface area (Å²) >= 11 is 0. The van der Waals surface area contributed by atoms with E-state index in [4.69, 9.17) is 4.52 Å². The molecule has 1 saturated heterocycles. The molecule has 2 heterocycles. The monoisotopic (exact) mass is 208 g/mol. The predicted molar refractivity (Wildman–Crippen MR) is 53.2 cm³/mol. The Kier molecular flexibility index (Phi) is 2.51. The Bertz CT molecular complexity index is 416. The normalized spacial score (nSPS) is 14.7. The van der Waals surface area contributed by atoms with Crippen LogP contribution in [0.1, 0.15) is 12.7 Å². The van der Waals surface area contributed by atoms with Crippen molar-refractivity contribution in [1.82, 2.24) is 15.5 Å². The first-order valence-corrected chi connectivity index (χ1v) is 4.68. The fourth-order valence-corrected chi connectivity index (χ4v) is 1.21. The van der Waals surface area contributed by atoms with Crippen molar-refractivity contribution in [2.45, 2.75) is 13.8 Å². The van der Waals surface area contributed by atoms with Gasteiger partial charge in [-0.1, -0.05) is 5.16 Å². The Morgan fingerprint density at radius 1 is 1.53 bits per heavy atom. The van der Waals surface area contributed by atoms with Crippen molar-refractivity contribution in [1.29, 1.82) is 0 Å². The van der Waals surface area contributed by atoms with Crippen LogP contribution in [0.25, 0.3) is 0 Å². The molecule has 0 aliphatic carbocycles. The van der Waals surface area contributed by atoms with Gasteiger partial charge in [0.05, 0.1) is 0 Å². The largest absolute Gasteiger partial charge is 0.328 e. The first-order chi connectivity index (χ1) is 7.16. The molecule has 0 unspecified atom stereocenters. The smallest absolute Gasteiger partial charge is 0.315 e. The van der Waals surface area contributed by atoms with Gasteiger partial charge < -0.3 is 9.84 Å². The molecule has 80 valence electrons. The van der Waals surface area contributed by atoms with Gasteiger partial charge >= 0.3 is 6.01 Å². The van der Waals surface area contributed by atoms with Gasteiger partial charge in [0.2, 0.25) is 0 Å². The highest BCUT2D eigenvalue weighted by molar-refractivity contribution is 6.02. The number of hydrogen-bond donors (Lipinski definition) is 2. The Labute approximate surface area is 86.7 Å². The summed E-state index contributed by atoms with van der Waals surface area (Å²) in [5.74, 6) is 0.316. The standard InChI is InChI=1S/C9H12N4O2/c1-5(7-3-10-4-7)8(14)12-9-11-6(2)13-15-9/h10H,3-4H2,1-2H3,(H,11,12,13,14).